The summed E-state index contributed by atoms with van der Waals surface area (Å²) in [5.41, 5.74) is 3.17. The van der Waals surface area contributed by atoms with Crippen molar-refractivity contribution in [2.75, 3.05) is 0 Å². The maximum atomic E-state index is 4.60. The van der Waals surface area contributed by atoms with Crippen molar-refractivity contribution in [2.24, 2.45) is 0 Å². The Bertz CT molecular complexity index is 764. The molecular weight excluding hydrogens is 306 g/mol. The van der Waals surface area contributed by atoms with Crippen LogP contribution in [0.15, 0.2) is 41.6 Å². The van der Waals surface area contributed by atoms with Crippen molar-refractivity contribution in [3.63, 3.8) is 0 Å². The van der Waals surface area contributed by atoms with Crippen molar-refractivity contribution in [3.8, 4) is 0 Å². The van der Waals surface area contributed by atoms with Gasteiger partial charge in [-0.05, 0) is 32.4 Å². The standard InChI is InChI=1S/C17H19N5S/c1-11-9-12(2)19-17(18-11)23-13(3)16-20-15(21-22-16)10-14-7-5-4-6-8-14/h4-9,13H,10H2,1-3H3,(H,20,21,22). The number of nitrogens with zero attached hydrogens (tertiary/aromatic N) is 4. The molecule has 1 N–H and O–H groups in total. The van der Waals surface area contributed by atoms with Crippen LogP contribution < -0.4 is 0 Å². The molecule has 6 heteroatoms. The van der Waals surface area contributed by atoms with E-state index in [4.69, 9.17) is 0 Å². The number of aromatic amines is 1. The van der Waals surface area contributed by atoms with Crippen LogP contribution in [0.25, 0.3) is 0 Å². The Hall–Kier alpha value is -2.21. The highest BCUT2D eigenvalue weighted by atomic mass is 32.2. The summed E-state index contributed by atoms with van der Waals surface area (Å²) in [5, 5.41) is 8.23. The van der Waals surface area contributed by atoms with E-state index in [9.17, 15) is 0 Å². The van der Waals surface area contributed by atoms with Crippen molar-refractivity contribution in [3.05, 3.63) is 65.0 Å². The number of benzene rings is 1. The molecule has 0 saturated carbocycles. The van der Waals surface area contributed by atoms with Crippen LogP contribution in [0.1, 0.15) is 40.8 Å². The summed E-state index contributed by atoms with van der Waals surface area (Å²) in [6, 6.07) is 12.2. The number of thioether (sulfide) groups is 1. The monoisotopic (exact) mass is 325 g/mol. The molecular formula is C17H19N5S. The fraction of sp³-hybridized carbons (Fsp3) is 0.294. The Labute approximate surface area is 140 Å². The smallest absolute Gasteiger partial charge is 0.188 e. The molecule has 0 saturated heterocycles. The zero-order valence-corrected chi connectivity index (χ0v) is 14.3. The molecule has 0 spiro atoms. The van der Waals surface area contributed by atoms with E-state index in [1.54, 1.807) is 11.8 Å². The van der Waals surface area contributed by atoms with E-state index in [-0.39, 0.29) is 5.25 Å². The summed E-state index contributed by atoms with van der Waals surface area (Å²) in [5.74, 6) is 1.66. The predicted octanol–water partition coefficient (Wildman–Crippen LogP) is 3.66. The first-order valence-corrected chi connectivity index (χ1v) is 8.42. The molecule has 1 aromatic carbocycles. The van der Waals surface area contributed by atoms with Crippen LogP contribution in [0.4, 0.5) is 0 Å². The lowest BCUT2D eigenvalue weighted by atomic mass is 10.1. The third kappa shape index (κ3) is 4.16. The number of hydrogen-bond acceptors (Lipinski definition) is 5. The molecule has 5 nitrogen and oxygen atoms in total. The van der Waals surface area contributed by atoms with Gasteiger partial charge in [0.2, 0.25) is 0 Å². The summed E-state index contributed by atoms with van der Waals surface area (Å²) in [4.78, 5) is 13.5. The molecule has 1 unspecified atom stereocenters. The number of hydrogen-bond donors (Lipinski definition) is 1. The molecule has 2 aromatic heterocycles. The van der Waals surface area contributed by atoms with E-state index >= 15 is 0 Å². The van der Waals surface area contributed by atoms with E-state index in [0.29, 0.717) is 0 Å². The topological polar surface area (TPSA) is 67.3 Å². The lowest BCUT2D eigenvalue weighted by Crippen LogP contribution is -1.97. The molecule has 2 heterocycles. The Morgan fingerprint density at radius 1 is 1.04 bits per heavy atom. The molecule has 3 rings (SSSR count). The van der Waals surface area contributed by atoms with Crippen LogP contribution in [-0.2, 0) is 6.42 Å². The van der Waals surface area contributed by atoms with Gasteiger partial charge in [-0.15, -0.1) is 0 Å². The first-order valence-electron chi connectivity index (χ1n) is 7.54. The summed E-state index contributed by atoms with van der Waals surface area (Å²) in [6.07, 6.45) is 0.755. The van der Waals surface area contributed by atoms with Crippen LogP contribution >= 0.6 is 11.8 Å². The number of aryl methyl sites for hydroxylation is 2. The number of nitrogens with one attached hydrogen (secondary N) is 1. The van der Waals surface area contributed by atoms with Crippen molar-refractivity contribution in [2.45, 2.75) is 37.6 Å². The Morgan fingerprint density at radius 2 is 1.74 bits per heavy atom. The summed E-state index contributed by atoms with van der Waals surface area (Å²) in [6.45, 7) is 6.03. The van der Waals surface area contributed by atoms with E-state index in [1.807, 2.05) is 38.1 Å². The fourth-order valence-corrected chi connectivity index (χ4v) is 3.24. The average Bonchev–Trinajstić information content (AvgIpc) is 2.96. The van der Waals surface area contributed by atoms with Crippen LogP contribution in [0, 0.1) is 13.8 Å². The van der Waals surface area contributed by atoms with Crippen LogP contribution in [0.3, 0.4) is 0 Å². The minimum atomic E-state index is 0.0944. The Kier molecular flexibility index (Phi) is 4.71. The lowest BCUT2D eigenvalue weighted by molar-refractivity contribution is 0.877. The highest BCUT2D eigenvalue weighted by Crippen LogP contribution is 2.30. The van der Waals surface area contributed by atoms with E-state index in [2.05, 4.69) is 44.2 Å². The van der Waals surface area contributed by atoms with Crippen LogP contribution in [0.5, 0.6) is 0 Å². The maximum Gasteiger partial charge on any atom is 0.188 e. The van der Waals surface area contributed by atoms with Gasteiger partial charge in [0.15, 0.2) is 11.0 Å². The Balaban J connectivity index is 1.69. The van der Waals surface area contributed by atoms with Crippen LogP contribution in [-0.4, -0.2) is 25.1 Å². The largest absolute Gasteiger partial charge is 0.263 e. The van der Waals surface area contributed by atoms with Gasteiger partial charge in [-0.2, -0.15) is 5.10 Å². The van der Waals surface area contributed by atoms with Crippen molar-refractivity contribution < 1.29 is 0 Å². The van der Waals surface area contributed by atoms with Crippen molar-refractivity contribution >= 4 is 11.8 Å². The summed E-state index contributed by atoms with van der Waals surface area (Å²) < 4.78 is 0. The van der Waals surface area contributed by atoms with Gasteiger partial charge >= 0.3 is 0 Å². The second-order valence-corrected chi connectivity index (χ2v) is 6.80. The molecule has 0 aliphatic rings. The number of rotatable bonds is 5. The average molecular weight is 325 g/mol. The van der Waals surface area contributed by atoms with Gasteiger partial charge in [0, 0.05) is 17.8 Å². The molecule has 0 amide bonds. The fourth-order valence-electron chi connectivity index (χ4n) is 2.32. The molecule has 0 aliphatic carbocycles. The second-order valence-electron chi connectivity index (χ2n) is 5.50. The van der Waals surface area contributed by atoms with Gasteiger partial charge in [-0.25, -0.2) is 15.0 Å². The highest BCUT2D eigenvalue weighted by molar-refractivity contribution is 7.99. The van der Waals surface area contributed by atoms with E-state index in [0.717, 1.165) is 34.6 Å². The van der Waals surface area contributed by atoms with Crippen LogP contribution in [0.2, 0.25) is 0 Å². The Morgan fingerprint density at radius 3 is 2.43 bits per heavy atom. The van der Waals surface area contributed by atoms with Gasteiger partial charge in [0.1, 0.15) is 5.82 Å². The third-order valence-electron chi connectivity index (χ3n) is 3.37. The van der Waals surface area contributed by atoms with Gasteiger partial charge in [0.25, 0.3) is 0 Å². The normalized spacial score (nSPS) is 12.3. The molecule has 0 bridgehead atoms. The van der Waals surface area contributed by atoms with Crippen molar-refractivity contribution in [1.82, 2.24) is 25.1 Å². The van der Waals surface area contributed by atoms with Gasteiger partial charge in [0.05, 0.1) is 5.25 Å². The molecule has 0 radical (unpaired) electrons. The minimum absolute atomic E-state index is 0.0944. The molecule has 23 heavy (non-hydrogen) atoms. The number of H-pyrrole nitrogens is 1. The van der Waals surface area contributed by atoms with Gasteiger partial charge in [-0.1, -0.05) is 42.1 Å². The molecule has 118 valence electrons. The SMILES string of the molecule is Cc1cc(C)nc(SC(C)c2n[nH]c(Cc3ccccc3)n2)n1. The predicted molar refractivity (Wildman–Crippen MR) is 91.4 cm³/mol. The van der Waals surface area contributed by atoms with E-state index < -0.39 is 0 Å². The zero-order chi connectivity index (χ0) is 16.2. The highest BCUT2D eigenvalue weighted by Gasteiger charge is 2.15. The molecule has 0 aliphatic heterocycles. The molecule has 1 atom stereocenters. The lowest BCUT2D eigenvalue weighted by Gasteiger charge is -2.07. The quantitative estimate of drug-likeness (QED) is 0.573. The zero-order valence-electron chi connectivity index (χ0n) is 13.4. The first-order chi connectivity index (χ1) is 11.1. The molecule has 0 fully saturated rings. The van der Waals surface area contributed by atoms with E-state index in [1.165, 1.54) is 5.56 Å². The van der Waals surface area contributed by atoms with Gasteiger partial charge < -0.3 is 0 Å². The molecule has 3 aromatic rings. The first kappa shape index (κ1) is 15.7. The second kappa shape index (κ2) is 6.91. The maximum absolute atomic E-state index is 4.60. The van der Waals surface area contributed by atoms with Gasteiger partial charge in [-0.3, -0.25) is 5.10 Å². The number of aromatic nitrogens is 5. The van der Waals surface area contributed by atoms with Crippen molar-refractivity contribution in [1.29, 1.82) is 0 Å². The third-order valence-corrected chi connectivity index (χ3v) is 4.33. The summed E-state index contributed by atoms with van der Waals surface area (Å²) >= 11 is 1.58. The minimum Gasteiger partial charge on any atom is -0.263 e. The summed E-state index contributed by atoms with van der Waals surface area (Å²) in [7, 11) is 0.